The number of rotatable bonds is 7. The highest BCUT2D eigenvalue weighted by Gasteiger charge is 2.13. The van der Waals surface area contributed by atoms with Gasteiger partial charge in [0.05, 0.1) is 11.4 Å². The van der Waals surface area contributed by atoms with E-state index in [1.54, 1.807) is 12.2 Å². The quantitative estimate of drug-likeness (QED) is 0.218. The molecule has 0 aliphatic carbocycles. The average Bonchev–Trinajstić information content (AvgIpc) is 3.46. The van der Waals surface area contributed by atoms with Crippen molar-refractivity contribution in [1.29, 1.82) is 0 Å². The molecule has 0 atom stereocenters. The Bertz CT molecular complexity index is 1700. The monoisotopic (exact) mass is 503 g/mol. The van der Waals surface area contributed by atoms with Crippen molar-refractivity contribution in [3.05, 3.63) is 140 Å². The third-order valence-electron chi connectivity index (χ3n) is 6.49. The molecule has 2 heterocycles. The summed E-state index contributed by atoms with van der Waals surface area (Å²) in [6.07, 6.45) is 3.32. The van der Waals surface area contributed by atoms with Gasteiger partial charge in [0.2, 0.25) is 5.89 Å². The molecule has 6 aromatic rings. The first kappa shape index (κ1) is 24.0. The summed E-state index contributed by atoms with van der Waals surface area (Å²) in [4.78, 5) is 14.5. The summed E-state index contributed by atoms with van der Waals surface area (Å²) in [5, 5.41) is 0. The maximum Gasteiger partial charge on any atom is 0.227 e. The normalized spacial score (nSPS) is 10.8. The highest BCUT2D eigenvalue weighted by molar-refractivity contribution is 5.76. The first-order chi connectivity index (χ1) is 19.2. The Balaban J connectivity index is 1.43. The lowest BCUT2D eigenvalue weighted by Gasteiger charge is -2.11. The van der Waals surface area contributed by atoms with Gasteiger partial charge in [-0.3, -0.25) is 0 Å². The van der Waals surface area contributed by atoms with Crippen molar-refractivity contribution in [2.75, 3.05) is 0 Å². The van der Waals surface area contributed by atoms with Crippen LogP contribution in [-0.4, -0.2) is 15.0 Å². The predicted molar refractivity (Wildman–Crippen MR) is 159 cm³/mol. The Morgan fingerprint density at radius 2 is 1.00 bits per heavy atom. The molecule has 0 aliphatic rings. The summed E-state index contributed by atoms with van der Waals surface area (Å²) in [6, 6.07) is 38.9. The van der Waals surface area contributed by atoms with Gasteiger partial charge in [-0.1, -0.05) is 104 Å². The predicted octanol–water partition coefficient (Wildman–Crippen LogP) is 9.09. The topological polar surface area (TPSA) is 51.8 Å². The number of aromatic nitrogens is 3. The summed E-state index contributed by atoms with van der Waals surface area (Å²) < 4.78 is 5.91. The van der Waals surface area contributed by atoms with E-state index in [0.29, 0.717) is 23.2 Å². The van der Waals surface area contributed by atoms with Gasteiger partial charge in [-0.05, 0) is 47.5 Å². The van der Waals surface area contributed by atoms with E-state index in [2.05, 4.69) is 66.7 Å². The molecule has 4 aromatic carbocycles. The van der Waals surface area contributed by atoms with Crippen molar-refractivity contribution >= 4 is 12.2 Å². The van der Waals surface area contributed by atoms with Crippen molar-refractivity contribution in [1.82, 2.24) is 15.0 Å². The zero-order chi connectivity index (χ0) is 26.6. The van der Waals surface area contributed by atoms with Crippen molar-refractivity contribution in [3.63, 3.8) is 0 Å². The van der Waals surface area contributed by atoms with E-state index in [1.807, 2.05) is 66.7 Å². The van der Waals surface area contributed by atoms with E-state index in [1.165, 1.54) is 0 Å². The Hall–Kier alpha value is -5.35. The fourth-order valence-corrected chi connectivity index (χ4v) is 4.52. The minimum Gasteiger partial charge on any atom is -0.436 e. The molecule has 4 heteroatoms. The summed E-state index contributed by atoms with van der Waals surface area (Å²) >= 11 is 0. The maximum atomic E-state index is 5.91. The molecule has 6 rings (SSSR count). The molecule has 0 bridgehead atoms. The lowest BCUT2D eigenvalue weighted by atomic mass is 10.0. The second kappa shape index (κ2) is 10.6. The van der Waals surface area contributed by atoms with Gasteiger partial charge in [-0.2, -0.15) is 0 Å². The molecular formula is C35H25N3O. The van der Waals surface area contributed by atoms with Crippen LogP contribution in [0.3, 0.4) is 0 Å². The molecule has 0 aliphatic heterocycles. The van der Waals surface area contributed by atoms with Gasteiger partial charge in [0.25, 0.3) is 0 Å². The standard InChI is InChI=1S/C35H25N3O/c1-3-30-33(4-2)39-35(38-30)29-20-12-18-27(22-29)26-17-11-19-28(21-26)34-36-31(24-13-7-5-8-14-24)23-32(37-34)25-15-9-6-10-16-25/h3-23H,1-2H2. The largest absolute Gasteiger partial charge is 0.436 e. The molecule has 39 heavy (non-hydrogen) atoms. The molecule has 0 spiro atoms. The van der Waals surface area contributed by atoms with Gasteiger partial charge in [0.1, 0.15) is 5.69 Å². The van der Waals surface area contributed by atoms with Crippen LogP contribution in [0, 0.1) is 0 Å². The van der Waals surface area contributed by atoms with Gasteiger partial charge in [-0.15, -0.1) is 0 Å². The smallest absolute Gasteiger partial charge is 0.227 e. The Kier molecular flexibility index (Phi) is 6.50. The van der Waals surface area contributed by atoms with Crippen molar-refractivity contribution < 1.29 is 4.42 Å². The molecule has 0 fully saturated rings. The summed E-state index contributed by atoms with van der Waals surface area (Å²) in [5.74, 6) is 1.81. The zero-order valence-electron chi connectivity index (χ0n) is 21.3. The van der Waals surface area contributed by atoms with E-state index < -0.39 is 0 Å². The molecular weight excluding hydrogens is 478 g/mol. The number of hydrogen-bond donors (Lipinski definition) is 0. The second-order valence-corrected chi connectivity index (χ2v) is 9.03. The van der Waals surface area contributed by atoms with E-state index in [0.717, 1.165) is 44.8 Å². The van der Waals surface area contributed by atoms with Crippen LogP contribution in [0.2, 0.25) is 0 Å². The van der Waals surface area contributed by atoms with Crippen molar-refractivity contribution in [3.8, 4) is 56.5 Å². The van der Waals surface area contributed by atoms with Crippen LogP contribution >= 0.6 is 0 Å². The first-order valence-electron chi connectivity index (χ1n) is 12.7. The van der Waals surface area contributed by atoms with Gasteiger partial charge in [0, 0.05) is 22.3 Å². The van der Waals surface area contributed by atoms with Crippen molar-refractivity contribution in [2.24, 2.45) is 0 Å². The summed E-state index contributed by atoms with van der Waals surface area (Å²) in [6.45, 7) is 7.63. The molecule has 0 saturated heterocycles. The number of oxazole rings is 1. The Morgan fingerprint density at radius 1 is 0.487 bits per heavy atom. The average molecular weight is 504 g/mol. The Morgan fingerprint density at radius 3 is 1.54 bits per heavy atom. The fourth-order valence-electron chi connectivity index (χ4n) is 4.52. The molecule has 2 aromatic heterocycles. The lowest BCUT2D eigenvalue weighted by Crippen LogP contribution is -1.96. The van der Waals surface area contributed by atoms with E-state index in [9.17, 15) is 0 Å². The fraction of sp³-hybridized carbons (Fsp3) is 0. The van der Waals surface area contributed by atoms with E-state index >= 15 is 0 Å². The lowest BCUT2D eigenvalue weighted by molar-refractivity contribution is 0.564. The molecule has 0 radical (unpaired) electrons. The van der Waals surface area contributed by atoms with Crippen LogP contribution in [0.1, 0.15) is 11.5 Å². The zero-order valence-corrected chi connectivity index (χ0v) is 21.3. The third kappa shape index (κ3) is 4.96. The maximum absolute atomic E-state index is 5.91. The van der Waals surface area contributed by atoms with E-state index in [-0.39, 0.29) is 0 Å². The number of nitrogens with zero attached hydrogens (tertiary/aromatic N) is 3. The van der Waals surface area contributed by atoms with Gasteiger partial charge < -0.3 is 4.42 Å². The molecule has 4 nitrogen and oxygen atoms in total. The number of benzene rings is 4. The van der Waals surface area contributed by atoms with E-state index in [4.69, 9.17) is 14.4 Å². The summed E-state index contributed by atoms with van der Waals surface area (Å²) in [5.41, 5.74) is 8.43. The molecule has 186 valence electrons. The molecule has 0 N–H and O–H groups in total. The minimum atomic E-state index is 0.532. The SMILES string of the molecule is C=Cc1nc(-c2cccc(-c3cccc(-c4nc(-c5ccccc5)cc(-c5ccccc5)n4)c3)c2)oc1C=C. The third-order valence-corrected chi connectivity index (χ3v) is 6.49. The molecule has 0 unspecified atom stereocenters. The molecule has 0 amide bonds. The van der Waals surface area contributed by atoms with Gasteiger partial charge in [0.15, 0.2) is 11.6 Å². The van der Waals surface area contributed by atoms with Crippen molar-refractivity contribution in [2.45, 2.75) is 0 Å². The number of hydrogen-bond acceptors (Lipinski definition) is 4. The summed E-state index contributed by atoms with van der Waals surface area (Å²) in [7, 11) is 0. The van der Waals surface area contributed by atoms with Gasteiger partial charge in [-0.25, -0.2) is 15.0 Å². The minimum absolute atomic E-state index is 0.532. The van der Waals surface area contributed by atoms with Crippen LogP contribution < -0.4 is 0 Å². The van der Waals surface area contributed by atoms with Crippen LogP contribution in [0.4, 0.5) is 0 Å². The van der Waals surface area contributed by atoms with Crippen LogP contribution in [0.15, 0.2) is 133 Å². The molecule has 0 saturated carbocycles. The van der Waals surface area contributed by atoms with Gasteiger partial charge >= 0.3 is 0 Å². The van der Waals surface area contributed by atoms with Crippen LogP contribution in [0.5, 0.6) is 0 Å². The van der Waals surface area contributed by atoms with Crippen LogP contribution in [0.25, 0.3) is 68.6 Å². The highest BCUT2D eigenvalue weighted by atomic mass is 16.4. The highest BCUT2D eigenvalue weighted by Crippen LogP contribution is 2.32. The second-order valence-electron chi connectivity index (χ2n) is 9.03. The van der Waals surface area contributed by atoms with Crippen LogP contribution in [-0.2, 0) is 0 Å². The first-order valence-corrected chi connectivity index (χ1v) is 12.7. The Labute approximate surface area is 227 Å².